The second kappa shape index (κ2) is 9.05. The average Bonchev–Trinajstić information content (AvgIpc) is 2.79. The topological polar surface area (TPSA) is 49.8 Å². The van der Waals surface area contributed by atoms with E-state index in [1.54, 1.807) is 30.3 Å². The van der Waals surface area contributed by atoms with Gasteiger partial charge in [-0.2, -0.15) is 26.3 Å². The molecule has 0 saturated carbocycles. The number of rotatable bonds is 5. The normalized spacial score (nSPS) is 11.8. The zero-order chi connectivity index (χ0) is 24.3. The van der Waals surface area contributed by atoms with Gasteiger partial charge in [-0.3, -0.25) is 0 Å². The highest BCUT2D eigenvalue weighted by Gasteiger charge is 2.33. The molecule has 0 aliphatic carbocycles. The minimum atomic E-state index is -4.54. The minimum Gasteiger partial charge on any atom is -0.354 e. The first kappa shape index (κ1) is 23.1. The average molecular weight is 474 g/mol. The monoisotopic (exact) mass is 474 g/mol. The number of nitrogens with zero attached hydrogens (tertiary/aromatic N) is 2. The zero-order valence-electron chi connectivity index (χ0n) is 17.2. The molecule has 0 atom stereocenters. The molecule has 0 spiro atoms. The fourth-order valence-electron chi connectivity index (χ4n) is 3.26. The lowest BCUT2D eigenvalue weighted by Crippen LogP contribution is -2.09. The van der Waals surface area contributed by atoms with Gasteiger partial charge in [0.2, 0.25) is 0 Å². The van der Waals surface area contributed by atoms with Gasteiger partial charge in [-0.15, -0.1) is 0 Å². The second-order valence-corrected chi connectivity index (χ2v) is 7.20. The lowest BCUT2D eigenvalue weighted by atomic mass is 10.1. The van der Waals surface area contributed by atoms with Crippen molar-refractivity contribution in [2.75, 3.05) is 10.6 Å². The highest BCUT2D eigenvalue weighted by Crippen LogP contribution is 2.38. The summed E-state index contributed by atoms with van der Waals surface area (Å²) in [5, 5.41) is 5.73. The van der Waals surface area contributed by atoms with Crippen molar-refractivity contribution in [1.82, 2.24) is 9.97 Å². The second-order valence-electron chi connectivity index (χ2n) is 7.20. The molecule has 0 saturated heterocycles. The van der Waals surface area contributed by atoms with E-state index in [4.69, 9.17) is 0 Å². The van der Waals surface area contributed by atoms with Gasteiger partial charge >= 0.3 is 12.4 Å². The van der Waals surface area contributed by atoms with Crippen LogP contribution >= 0.6 is 0 Å². The van der Waals surface area contributed by atoms with E-state index >= 15 is 0 Å². The van der Waals surface area contributed by atoms with Gasteiger partial charge in [-0.05, 0) is 42.5 Å². The first-order valence-corrected chi connectivity index (χ1v) is 9.90. The van der Waals surface area contributed by atoms with Crippen molar-refractivity contribution in [2.45, 2.75) is 12.4 Å². The summed E-state index contributed by atoms with van der Waals surface area (Å²) in [6.07, 6.45) is -7.73. The Bertz CT molecular complexity index is 1280. The Morgan fingerprint density at radius 1 is 0.618 bits per heavy atom. The van der Waals surface area contributed by atoms with Crippen LogP contribution in [0.25, 0.3) is 11.3 Å². The summed E-state index contributed by atoms with van der Waals surface area (Å²) in [4.78, 5) is 8.29. The van der Waals surface area contributed by atoms with E-state index in [0.717, 1.165) is 18.2 Å². The molecular formula is C24H16F6N4. The maximum Gasteiger partial charge on any atom is 0.418 e. The van der Waals surface area contributed by atoms with Gasteiger partial charge in [0.15, 0.2) is 0 Å². The molecule has 0 unspecified atom stereocenters. The van der Waals surface area contributed by atoms with Gasteiger partial charge in [-0.1, -0.05) is 30.3 Å². The molecule has 0 bridgehead atoms. The van der Waals surface area contributed by atoms with Crippen molar-refractivity contribution >= 4 is 22.9 Å². The number of alkyl halides is 6. The first-order chi connectivity index (χ1) is 16.1. The molecule has 0 aliphatic rings. The van der Waals surface area contributed by atoms with Crippen molar-refractivity contribution in [3.63, 3.8) is 0 Å². The minimum absolute atomic E-state index is 0.111. The predicted octanol–water partition coefficient (Wildman–Crippen LogP) is 7.67. The van der Waals surface area contributed by atoms with Crippen molar-refractivity contribution in [1.29, 1.82) is 0 Å². The fraction of sp³-hybridized carbons (Fsp3) is 0.0833. The zero-order valence-corrected chi connectivity index (χ0v) is 17.2. The molecule has 1 aromatic heterocycles. The molecule has 1 heterocycles. The maximum absolute atomic E-state index is 13.4. The Hall–Kier alpha value is -4.08. The number of aromatic nitrogens is 2. The Morgan fingerprint density at radius 3 is 1.94 bits per heavy atom. The lowest BCUT2D eigenvalue weighted by Gasteiger charge is -2.17. The molecule has 3 aromatic carbocycles. The standard InChI is InChI=1S/C24H16F6N4/c25-23(26,27)15-9-11-16(12-10-15)33-22-13-21(31-14-32-22)17-5-1-3-7-19(17)34-20-8-4-2-6-18(20)24(28,29)30/h1-14,34H,(H,31,32,33). The van der Waals surface area contributed by atoms with E-state index < -0.39 is 23.5 Å². The van der Waals surface area contributed by atoms with Gasteiger partial charge in [0.05, 0.1) is 22.5 Å². The number of benzene rings is 3. The Balaban J connectivity index is 1.62. The fourth-order valence-corrected chi connectivity index (χ4v) is 3.26. The van der Waals surface area contributed by atoms with Crippen LogP contribution in [0.5, 0.6) is 0 Å². The van der Waals surface area contributed by atoms with Crippen LogP contribution in [0.2, 0.25) is 0 Å². The third-order valence-electron chi connectivity index (χ3n) is 4.86. The van der Waals surface area contributed by atoms with Gasteiger partial charge in [0.25, 0.3) is 0 Å². The molecule has 0 amide bonds. The number of nitrogens with one attached hydrogen (secondary N) is 2. The van der Waals surface area contributed by atoms with Crippen LogP contribution in [-0.2, 0) is 12.4 Å². The molecule has 174 valence electrons. The Kier molecular flexibility index (Phi) is 6.14. The van der Waals surface area contributed by atoms with Gasteiger partial charge in [0.1, 0.15) is 12.1 Å². The summed E-state index contributed by atoms with van der Waals surface area (Å²) in [6, 6.07) is 17.8. The molecule has 34 heavy (non-hydrogen) atoms. The van der Waals surface area contributed by atoms with Crippen molar-refractivity contribution in [2.24, 2.45) is 0 Å². The highest BCUT2D eigenvalue weighted by molar-refractivity contribution is 5.81. The summed E-state index contributed by atoms with van der Waals surface area (Å²) in [7, 11) is 0. The van der Waals surface area contributed by atoms with Crippen molar-refractivity contribution in [3.05, 3.63) is 96.3 Å². The lowest BCUT2D eigenvalue weighted by molar-refractivity contribution is -0.138. The quantitative estimate of drug-likeness (QED) is 0.292. The molecule has 4 nitrogen and oxygen atoms in total. The van der Waals surface area contributed by atoms with E-state index in [1.165, 1.54) is 36.7 Å². The van der Waals surface area contributed by atoms with E-state index in [2.05, 4.69) is 20.6 Å². The number of halogens is 6. The molecule has 4 rings (SSSR count). The third-order valence-corrected chi connectivity index (χ3v) is 4.86. The largest absolute Gasteiger partial charge is 0.418 e. The van der Waals surface area contributed by atoms with Crippen LogP contribution < -0.4 is 10.6 Å². The van der Waals surface area contributed by atoms with Crippen LogP contribution in [0.15, 0.2) is 85.2 Å². The number of anilines is 4. The summed E-state index contributed by atoms with van der Waals surface area (Å²) in [5.74, 6) is 0.301. The SMILES string of the molecule is FC(F)(F)c1ccc(Nc2cc(-c3ccccc3Nc3ccccc3C(F)(F)F)ncn2)cc1. The molecule has 0 radical (unpaired) electrons. The van der Waals surface area contributed by atoms with Gasteiger partial charge in [-0.25, -0.2) is 9.97 Å². The molecular weight excluding hydrogens is 458 g/mol. The van der Waals surface area contributed by atoms with Crippen LogP contribution in [0.4, 0.5) is 49.2 Å². The number of para-hydroxylation sites is 2. The summed E-state index contributed by atoms with van der Waals surface area (Å²) >= 11 is 0. The van der Waals surface area contributed by atoms with E-state index in [1.807, 2.05) is 0 Å². The van der Waals surface area contributed by atoms with E-state index in [0.29, 0.717) is 28.5 Å². The third kappa shape index (κ3) is 5.28. The molecule has 10 heteroatoms. The molecule has 0 fully saturated rings. The molecule has 4 aromatic rings. The number of hydrogen-bond donors (Lipinski definition) is 2. The molecule has 0 aliphatic heterocycles. The molecule has 2 N–H and O–H groups in total. The Morgan fingerprint density at radius 2 is 1.26 bits per heavy atom. The van der Waals surface area contributed by atoms with E-state index in [-0.39, 0.29) is 5.69 Å². The number of hydrogen-bond acceptors (Lipinski definition) is 4. The van der Waals surface area contributed by atoms with Crippen LogP contribution in [0.3, 0.4) is 0 Å². The first-order valence-electron chi connectivity index (χ1n) is 9.90. The predicted molar refractivity (Wildman–Crippen MR) is 117 cm³/mol. The van der Waals surface area contributed by atoms with Gasteiger partial charge in [0, 0.05) is 23.0 Å². The van der Waals surface area contributed by atoms with Crippen LogP contribution in [-0.4, -0.2) is 9.97 Å². The van der Waals surface area contributed by atoms with E-state index in [9.17, 15) is 26.3 Å². The summed E-state index contributed by atoms with van der Waals surface area (Å²) in [5.41, 5.74) is -0.0202. The van der Waals surface area contributed by atoms with Gasteiger partial charge < -0.3 is 10.6 Å². The smallest absolute Gasteiger partial charge is 0.354 e. The van der Waals surface area contributed by atoms with Crippen molar-refractivity contribution < 1.29 is 26.3 Å². The van der Waals surface area contributed by atoms with Crippen LogP contribution in [0.1, 0.15) is 11.1 Å². The highest BCUT2D eigenvalue weighted by atomic mass is 19.4. The van der Waals surface area contributed by atoms with Crippen molar-refractivity contribution in [3.8, 4) is 11.3 Å². The van der Waals surface area contributed by atoms with Crippen LogP contribution in [0, 0.1) is 0 Å². The summed E-state index contributed by atoms with van der Waals surface area (Å²) in [6.45, 7) is 0. The summed E-state index contributed by atoms with van der Waals surface area (Å²) < 4.78 is 78.5. The Labute approximate surface area is 190 Å². The maximum atomic E-state index is 13.4.